The molecule has 1 aromatic heterocycles. The lowest BCUT2D eigenvalue weighted by atomic mass is 9.81. The minimum atomic E-state index is -1.40. The van der Waals surface area contributed by atoms with Crippen LogP contribution in [0.4, 0.5) is 5.95 Å². The number of anilines is 1. The van der Waals surface area contributed by atoms with Crippen molar-refractivity contribution in [3.8, 4) is 0 Å². The van der Waals surface area contributed by atoms with E-state index >= 15 is 0 Å². The maximum absolute atomic E-state index is 11.7. The maximum Gasteiger partial charge on any atom is 0.498 e. The van der Waals surface area contributed by atoms with Gasteiger partial charge in [0.1, 0.15) is 0 Å². The van der Waals surface area contributed by atoms with E-state index < -0.39 is 36.9 Å². The summed E-state index contributed by atoms with van der Waals surface area (Å²) in [7, 11) is -0.507. The highest BCUT2D eigenvalue weighted by Crippen LogP contribution is 2.36. The Morgan fingerprint density at radius 3 is 2.50 bits per heavy atom. The first kappa shape index (κ1) is 21.0. The number of nitrogens with zero attached hydrogens (tertiary/aromatic N) is 3. The van der Waals surface area contributed by atoms with Crippen LogP contribution in [0.2, 0.25) is 0 Å². The molecule has 3 heterocycles. The van der Waals surface area contributed by atoms with Crippen LogP contribution in [0.25, 0.3) is 0 Å². The van der Waals surface area contributed by atoms with Crippen molar-refractivity contribution in [2.75, 3.05) is 24.6 Å². The molecule has 3 N–H and O–H groups in total. The van der Waals surface area contributed by atoms with E-state index in [9.17, 15) is 9.90 Å². The zero-order valence-electron chi connectivity index (χ0n) is 16.9. The zero-order valence-corrected chi connectivity index (χ0v) is 16.9. The lowest BCUT2D eigenvalue weighted by Gasteiger charge is -2.32. The average molecular weight is 392 g/mol. The number of rotatable bonds is 6. The molecule has 0 unspecified atom stereocenters. The van der Waals surface area contributed by atoms with E-state index in [2.05, 4.69) is 15.3 Å². The molecule has 9 nitrogen and oxygen atoms in total. The smallest absolute Gasteiger partial charge is 0.399 e. The third kappa shape index (κ3) is 4.14. The Bertz CT molecular complexity index is 684. The molecule has 28 heavy (non-hydrogen) atoms. The minimum absolute atomic E-state index is 0.0394. The molecule has 0 radical (unpaired) electrons. The summed E-state index contributed by atoms with van der Waals surface area (Å²) in [6, 6.07) is 0.0394. The highest BCUT2D eigenvalue weighted by molar-refractivity contribution is 6.61. The molecule has 0 aromatic carbocycles. The van der Waals surface area contributed by atoms with Gasteiger partial charge < -0.3 is 29.7 Å². The predicted molar refractivity (Wildman–Crippen MR) is 104 cm³/mol. The molecule has 0 spiro atoms. The van der Waals surface area contributed by atoms with E-state index in [1.54, 1.807) is 12.4 Å². The molecule has 2 aliphatic heterocycles. The van der Waals surface area contributed by atoms with E-state index in [-0.39, 0.29) is 6.04 Å². The van der Waals surface area contributed by atoms with E-state index in [0.717, 1.165) is 24.8 Å². The molecule has 0 aliphatic carbocycles. The molecule has 2 saturated heterocycles. The molecule has 0 saturated carbocycles. The molecule has 2 aliphatic rings. The fourth-order valence-electron chi connectivity index (χ4n) is 3.31. The van der Waals surface area contributed by atoms with Gasteiger partial charge in [0.05, 0.1) is 17.8 Å². The number of carbonyl (C=O) groups excluding carboxylic acids is 1. The third-order valence-corrected chi connectivity index (χ3v) is 5.81. The summed E-state index contributed by atoms with van der Waals surface area (Å²) in [5.74, 6) is 0.00565. The Morgan fingerprint density at radius 2 is 1.93 bits per heavy atom. The monoisotopic (exact) mass is 392 g/mol. The van der Waals surface area contributed by atoms with Crippen LogP contribution in [0.3, 0.4) is 0 Å². The first-order chi connectivity index (χ1) is 13.1. The maximum atomic E-state index is 11.7. The van der Waals surface area contributed by atoms with E-state index in [4.69, 9.17) is 14.4 Å². The van der Waals surface area contributed by atoms with Crippen LogP contribution in [-0.2, 0) is 14.1 Å². The number of amides is 1. The molecule has 2 fully saturated rings. The number of aliphatic hydroxyl groups is 2. The number of nitrogens with one attached hydrogen (secondary N) is 1. The fourth-order valence-corrected chi connectivity index (χ4v) is 3.31. The van der Waals surface area contributed by atoms with Gasteiger partial charge in [0.2, 0.25) is 5.95 Å². The number of aliphatic hydroxyl groups excluding tert-OH is 2. The van der Waals surface area contributed by atoms with Gasteiger partial charge in [-0.3, -0.25) is 4.79 Å². The Balaban J connectivity index is 1.64. The van der Waals surface area contributed by atoms with E-state index in [1.165, 1.54) is 0 Å². The van der Waals surface area contributed by atoms with Crippen molar-refractivity contribution in [3.63, 3.8) is 0 Å². The van der Waals surface area contributed by atoms with Crippen molar-refractivity contribution in [3.05, 3.63) is 12.4 Å². The summed E-state index contributed by atoms with van der Waals surface area (Å²) in [6.45, 7) is 8.55. The highest BCUT2D eigenvalue weighted by Gasteiger charge is 2.52. The largest absolute Gasteiger partial charge is 0.498 e. The van der Waals surface area contributed by atoms with Crippen LogP contribution >= 0.6 is 0 Å². The normalized spacial score (nSPS) is 24.4. The van der Waals surface area contributed by atoms with Crippen LogP contribution in [0, 0.1) is 0 Å². The Labute approximate surface area is 165 Å². The van der Waals surface area contributed by atoms with Gasteiger partial charge in [0, 0.05) is 37.0 Å². The van der Waals surface area contributed by atoms with Gasteiger partial charge in [-0.15, -0.1) is 0 Å². The molecule has 3 rings (SSSR count). The number of aromatic nitrogens is 2. The van der Waals surface area contributed by atoms with Gasteiger partial charge in [-0.25, -0.2) is 9.97 Å². The van der Waals surface area contributed by atoms with Crippen molar-refractivity contribution in [2.45, 2.75) is 63.9 Å². The topological polar surface area (TPSA) is 117 Å². The Morgan fingerprint density at radius 1 is 1.32 bits per heavy atom. The van der Waals surface area contributed by atoms with Crippen LogP contribution in [0.5, 0.6) is 0 Å². The van der Waals surface area contributed by atoms with Crippen molar-refractivity contribution in [1.29, 1.82) is 0 Å². The summed E-state index contributed by atoms with van der Waals surface area (Å²) < 4.78 is 12.1. The summed E-state index contributed by atoms with van der Waals surface area (Å²) in [6.07, 6.45) is 3.89. The van der Waals surface area contributed by atoms with Crippen LogP contribution in [0.1, 0.15) is 40.5 Å². The molecule has 10 heteroatoms. The predicted octanol–water partition coefficient (Wildman–Crippen LogP) is -0.786. The SMILES string of the molecule is CC1(C)OB(c2cnc(N3CCC[C@@H]3CNC(=O)[C@@H](O)CO)nc2)OC1(C)C. The summed E-state index contributed by atoms with van der Waals surface area (Å²) >= 11 is 0. The second-order valence-electron chi connectivity index (χ2n) is 8.34. The van der Waals surface area contributed by atoms with Crippen molar-refractivity contribution in [2.24, 2.45) is 0 Å². The summed E-state index contributed by atoms with van der Waals surface area (Å²) in [5, 5.41) is 20.9. The minimum Gasteiger partial charge on any atom is -0.399 e. The first-order valence-corrected chi connectivity index (χ1v) is 9.65. The third-order valence-electron chi connectivity index (χ3n) is 5.81. The molecule has 0 bridgehead atoms. The molecule has 2 atom stereocenters. The lowest BCUT2D eigenvalue weighted by molar-refractivity contribution is -0.131. The van der Waals surface area contributed by atoms with Crippen molar-refractivity contribution in [1.82, 2.24) is 15.3 Å². The second kappa shape index (κ2) is 7.94. The standard InChI is InChI=1S/C18H29BN4O5/c1-17(2)18(3,4)28-19(27-17)12-8-21-16(22-9-12)23-7-5-6-13(23)10-20-15(26)14(25)11-24/h8-9,13-14,24-25H,5-7,10-11H2,1-4H3,(H,20,26)/t13-,14+/m1/s1. The Hall–Kier alpha value is -1.75. The molecule has 1 amide bonds. The van der Waals surface area contributed by atoms with Gasteiger partial charge >= 0.3 is 7.12 Å². The van der Waals surface area contributed by atoms with Gasteiger partial charge in [-0.05, 0) is 40.5 Å². The van der Waals surface area contributed by atoms with Gasteiger partial charge in [-0.2, -0.15) is 0 Å². The second-order valence-corrected chi connectivity index (χ2v) is 8.34. The number of carbonyl (C=O) groups is 1. The number of hydrogen-bond acceptors (Lipinski definition) is 8. The molecule has 154 valence electrons. The lowest BCUT2D eigenvalue weighted by Crippen LogP contribution is -2.45. The fraction of sp³-hybridized carbons (Fsp3) is 0.722. The highest BCUT2D eigenvalue weighted by atomic mass is 16.7. The molecular formula is C18H29BN4O5. The van der Waals surface area contributed by atoms with E-state index in [0.29, 0.717) is 12.5 Å². The van der Waals surface area contributed by atoms with Gasteiger partial charge in [0.15, 0.2) is 6.10 Å². The first-order valence-electron chi connectivity index (χ1n) is 9.65. The van der Waals surface area contributed by atoms with Crippen LogP contribution in [0.15, 0.2) is 12.4 Å². The van der Waals surface area contributed by atoms with Crippen LogP contribution < -0.4 is 15.7 Å². The quantitative estimate of drug-likeness (QED) is 0.540. The number of hydrogen-bond donors (Lipinski definition) is 3. The summed E-state index contributed by atoms with van der Waals surface area (Å²) in [5.41, 5.74) is -0.0842. The molecular weight excluding hydrogens is 363 g/mol. The average Bonchev–Trinajstić information content (AvgIpc) is 3.20. The van der Waals surface area contributed by atoms with Crippen molar-refractivity contribution >= 4 is 24.4 Å². The summed E-state index contributed by atoms with van der Waals surface area (Å²) in [4.78, 5) is 22.7. The van der Waals surface area contributed by atoms with Gasteiger partial charge in [-0.1, -0.05) is 0 Å². The van der Waals surface area contributed by atoms with E-state index in [1.807, 2.05) is 32.6 Å². The van der Waals surface area contributed by atoms with Gasteiger partial charge in [0.25, 0.3) is 5.91 Å². The van der Waals surface area contributed by atoms with Crippen molar-refractivity contribution < 1.29 is 24.3 Å². The Kier molecular flexibility index (Phi) is 5.95. The molecule has 1 aromatic rings. The van der Waals surface area contributed by atoms with Crippen LogP contribution in [-0.4, -0.2) is 76.3 Å². The zero-order chi connectivity index (χ0) is 20.5.